The van der Waals surface area contributed by atoms with Crippen molar-refractivity contribution < 1.29 is 32.9 Å². The molecule has 1 amide bonds. The molecule has 3 atom stereocenters. The van der Waals surface area contributed by atoms with E-state index in [9.17, 15) is 19.4 Å². The van der Waals surface area contributed by atoms with Crippen LogP contribution in [0.25, 0.3) is 0 Å². The highest BCUT2D eigenvalue weighted by Gasteiger charge is 2.28. The molecule has 0 fully saturated rings. The Bertz CT molecular complexity index is 1340. The summed E-state index contributed by atoms with van der Waals surface area (Å²) < 4.78 is 23.8. The molecule has 0 bridgehead atoms. The summed E-state index contributed by atoms with van der Waals surface area (Å²) in [6.45, 7) is 4.86. The summed E-state index contributed by atoms with van der Waals surface area (Å²) in [5.41, 5.74) is 0. The van der Waals surface area contributed by atoms with Gasteiger partial charge < -0.3 is 19.8 Å². The fourth-order valence-corrected chi connectivity index (χ4v) is 11.7. The van der Waals surface area contributed by atoms with E-state index in [2.05, 4.69) is 31.3 Å². The van der Waals surface area contributed by atoms with Crippen LogP contribution in [0.5, 0.6) is 0 Å². The maximum Gasteiger partial charge on any atom is 0.472 e. The maximum absolute atomic E-state index is 13.0. The molecule has 79 heavy (non-hydrogen) atoms. The van der Waals surface area contributed by atoms with Crippen molar-refractivity contribution in [1.82, 2.24) is 5.32 Å². The number of unbranched alkanes of at least 4 members (excludes halogenated alkanes) is 51. The van der Waals surface area contributed by atoms with Crippen LogP contribution in [0.2, 0.25) is 0 Å². The lowest BCUT2D eigenvalue weighted by Gasteiger charge is -2.25. The summed E-state index contributed by atoms with van der Waals surface area (Å²) >= 11 is 0. The van der Waals surface area contributed by atoms with Crippen molar-refractivity contribution >= 4 is 13.7 Å². The minimum absolute atomic E-state index is 0.0591. The second-order valence-electron chi connectivity index (χ2n) is 25.6. The van der Waals surface area contributed by atoms with Gasteiger partial charge in [0.1, 0.15) is 13.2 Å². The second kappa shape index (κ2) is 61.5. The van der Waals surface area contributed by atoms with Crippen LogP contribution in [0, 0.1) is 0 Å². The minimum Gasteiger partial charge on any atom is -0.387 e. The Morgan fingerprint density at radius 1 is 0.418 bits per heavy atom. The van der Waals surface area contributed by atoms with Crippen molar-refractivity contribution in [1.29, 1.82) is 0 Å². The van der Waals surface area contributed by atoms with Gasteiger partial charge in [-0.15, -0.1) is 0 Å². The maximum atomic E-state index is 13.0. The SMILES string of the molecule is CCCCCCCCCCCCCCCCCCCCCCCCC/C=C/CC/C=C/C(O)C(COP(=O)(O)OCC[N+](C)(C)C)NC(=O)CCCCCCCCCCCCCCCCCCCCCCCCCCCCCC. The number of nitrogens with zero attached hydrogens (tertiary/aromatic N) is 1. The number of hydrogen-bond donors (Lipinski definition) is 3. The highest BCUT2D eigenvalue weighted by atomic mass is 31.2. The summed E-state index contributed by atoms with van der Waals surface area (Å²) in [5.74, 6) is -0.178. The molecule has 0 aliphatic carbocycles. The van der Waals surface area contributed by atoms with Crippen LogP contribution in [-0.2, 0) is 18.4 Å². The van der Waals surface area contributed by atoms with Gasteiger partial charge in [0.25, 0.3) is 0 Å². The summed E-state index contributed by atoms with van der Waals surface area (Å²) in [4.78, 5) is 23.4. The van der Waals surface area contributed by atoms with Gasteiger partial charge in [-0.05, 0) is 32.1 Å². The Morgan fingerprint density at radius 3 is 1.01 bits per heavy atom. The van der Waals surface area contributed by atoms with Gasteiger partial charge in [-0.1, -0.05) is 353 Å². The van der Waals surface area contributed by atoms with Gasteiger partial charge in [-0.2, -0.15) is 0 Å². The molecule has 0 aromatic rings. The number of allylic oxidation sites excluding steroid dienone is 3. The number of nitrogens with one attached hydrogen (secondary N) is 1. The van der Waals surface area contributed by atoms with Crippen LogP contribution in [0.1, 0.15) is 367 Å². The first-order valence-corrected chi connectivity index (χ1v) is 36.7. The molecule has 0 aromatic carbocycles. The smallest absolute Gasteiger partial charge is 0.387 e. The van der Waals surface area contributed by atoms with E-state index in [1.807, 2.05) is 27.2 Å². The molecular weight excluding hydrogens is 996 g/mol. The molecular formula is C70H140N2O6P+. The first-order chi connectivity index (χ1) is 38.5. The standard InChI is InChI=1S/C70H139N2O6P/c1-6-8-10-12-14-16-18-20-22-24-26-28-30-32-34-36-37-39-41-43-45-47-49-51-53-55-57-59-61-63-69(73)68(67-78-79(75,76)77-66-65-72(3,4)5)71-70(74)64-62-60-58-56-54-52-50-48-46-44-42-40-38-35-33-31-29-27-25-23-21-19-17-15-13-11-9-7-2/h53,55,61,63,68-69,73H,6-52,54,56-60,62,64-67H2,1-5H3,(H-,71,74,75,76)/p+1/b55-53+,63-61+. The number of aliphatic hydroxyl groups is 1. The number of rotatable bonds is 66. The van der Waals surface area contributed by atoms with Crippen molar-refractivity contribution in [3.8, 4) is 0 Å². The summed E-state index contributed by atoms with van der Waals surface area (Å²) in [6.07, 6.45) is 80.5. The van der Waals surface area contributed by atoms with Crippen molar-refractivity contribution in [2.45, 2.75) is 379 Å². The third-order valence-electron chi connectivity index (χ3n) is 16.4. The molecule has 8 nitrogen and oxygen atoms in total. The van der Waals surface area contributed by atoms with Crippen LogP contribution in [0.4, 0.5) is 0 Å². The Balaban J connectivity index is 4.07. The third kappa shape index (κ3) is 64.4. The molecule has 3 unspecified atom stereocenters. The molecule has 9 heteroatoms. The number of aliphatic hydroxyl groups excluding tert-OH is 1. The molecule has 470 valence electrons. The van der Waals surface area contributed by atoms with Crippen LogP contribution in [-0.4, -0.2) is 73.4 Å². The molecule has 0 aliphatic rings. The van der Waals surface area contributed by atoms with E-state index in [0.717, 1.165) is 38.5 Å². The summed E-state index contributed by atoms with van der Waals surface area (Å²) in [6, 6.07) is -0.862. The summed E-state index contributed by atoms with van der Waals surface area (Å²) in [7, 11) is 1.57. The molecule has 0 heterocycles. The largest absolute Gasteiger partial charge is 0.472 e. The average Bonchev–Trinajstić information content (AvgIpc) is 3.42. The fourth-order valence-electron chi connectivity index (χ4n) is 10.9. The van der Waals surface area contributed by atoms with E-state index in [1.165, 1.54) is 308 Å². The first kappa shape index (κ1) is 78.0. The van der Waals surface area contributed by atoms with Gasteiger partial charge in [0.15, 0.2) is 0 Å². The Labute approximate surface area is 494 Å². The first-order valence-electron chi connectivity index (χ1n) is 35.2. The van der Waals surface area contributed by atoms with Crippen LogP contribution in [0.3, 0.4) is 0 Å². The lowest BCUT2D eigenvalue weighted by molar-refractivity contribution is -0.870. The number of phosphoric ester groups is 1. The highest BCUT2D eigenvalue weighted by Crippen LogP contribution is 2.43. The fraction of sp³-hybridized carbons (Fsp3) is 0.929. The average molecular weight is 1140 g/mol. The number of likely N-dealkylation sites (N-methyl/N-ethyl adjacent to an activating group) is 1. The highest BCUT2D eigenvalue weighted by molar-refractivity contribution is 7.47. The molecule has 0 rings (SSSR count). The Hall–Kier alpha value is -1.02. The molecule has 0 saturated carbocycles. The molecule has 3 N–H and O–H groups in total. The van der Waals surface area contributed by atoms with E-state index >= 15 is 0 Å². The van der Waals surface area contributed by atoms with E-state index in [4.69, 9.17) is 9.05 Å². The zero-order valence-corrected chi connectivity index (χ0v) is 54.8. The van der Waals surface area contributed by atoms with E-state index in [0.29, 0.717) is 17.4 Å². The number of quaternary nitrogens is 1. The number of hydrogen-bond acceptors (Lipinski definition) is 5. The van der Waals surface area contributed by atoms with Crippen molar-refractivity contribution in [3.05, 3.63) is 24.3 Å². The lowest BCUT2D eigenvalue weighted by atomic mass is 10.0. The zero-order valence-electron chi connectivity index (χ0n) is 53.9. The van der Waals surface area contributed by atoms with Gasteiger partial charge in [-0.3, -0.25) is 13.8 Å². The van der Waals surface area contributed by atoms with Crippen LogP contribution >= 0.6 is 7.82 Å². The Morgan fingerprint density at radius 2 is 0.696 bits per heavy atom. The predicted molar refractivity (Wildman–Crippen MR) is 346 cm³/mol. The van der Waals surface area contributed by atoms with E-state index in [-0.39, 0.29) is 19.1 Å². The van der Waals surface area contributed by atoms with E-state index < -0.39 is 20.0 Å². The lowest BCUT2D eigenvalue weighted by Crippen LogP contribution is -2.45. The third-order valence-corrected chi connectivity index (χ3v) is 17.4. The number of amides is 1. The van der Waals surface area contributed by atoms with E-state index in [1.54, 1.807) is 6.08 Å². The molecule has 0 radical (unpaired) electrons. The van der Waals surface area contributed by atoms with Gasteiger partial charge in [0, 0.05) is 6.42 Å². The molecule has 0 aromatic heterocycles. The van der Waals surface area contributed by atoms with Gasteiger partial charge in [0.2, 0.25) is 5.91 Å². The number of carbonyl (C=O) groups is 1. The van der Waals surface area contributed by atoms with Crippen LogP contribution < -0.4 is 5.32 Å². The van der Waals surface area contributed by atoms with Crippen molar-refractivity contribution in [3.63, 3.8) is 0 Å². The molecule has 0 aliphatic heterocycles. The van der Waals surface area contributed by atoms with Gasteiger partial charge >= 0.3 is 7.82 Å². The quantitative estimate of drug-likeness (QED) is 0.0243. The number of carbonyl (C=O) groups excluding carboxylic acids is 1. The minimum atomic E-state index is -4.36. The molecule has 0 spiro atoms. The summed E-state index contributed by atoms with van der Waals surface area (Å²) in [5, 5.41) is 14.0. The molecule has 0 saturated heterocycles. The van der Waals surface area contributed by atoms with Gasteiger partial charge in [-0.25, -0.2) is 4.57 Å². The van der Waals surface area contributed by atoms with Gasteiger partial charge in [0.05, 0.1) is 39.9 Å². The Kier molecular flexibility index (Phi) is 60.7. The van der Waals surface area contributed by atoms with Crippen molar-refractivity contribution in [2.75, 3.05) is 40.9 Å². The second-order valence-corrected chi connectivity index (χ2v) is 27.1. The normalized spacial score (nSPS) is 13.8. The monoisotopic (exact) mass is 1140 g/mol. The number of phosphoric acid groups is 1. The topological polar surface area (TPSA) is 105 Å². The predicted octanol–water partition coefficient (Wildman–Crippen LogP) is 22.3. The van der Waals surface area contributed by atoms with Crippen LogP contribution in [0.15, 0.2) is 24.3 Å². The zero-order chi connectivity index (χ0) is 57.7. The van der Waals surface area contributed by atoms with Crippen molar-refractivity contribution in [2.24, 2.45) is 0 Å².